The highest BCUT2D eigenvalue weighted by Gasteiger charge is 2.13. The highest BCUT2D eigenvalue weighted by molar-refractivity contribution is 5.99. The van der Waals surface area contributed by atoms with Crippen LogP contribution in [-0.2, 0) is 0 Å². The molecule has 0 aliphatic rings. The molecular formula is C12H10N6O. The molecule has 0 aliphatic heterocycles. The van der Waals surface area contributed by atoms with E-state index in [-0.39, 0.29) is 0 Å². The SMILES string of the molecule is NC(=O)c1cccc(-c2n[nH]c3ncnc(N)c23)c1. The van der Waals surface area contributed by atoms with Crippen LogP contribution in [0.1, 0.15) is 10.4 Å². The van der Waals surface area contributed by atoms with Gasteiger partial charge in [0.25, 0.3) is 0 Å². The molecule has 0 radical (unpaired) electrons. The summed E-state index contributed by atoms with van der Waals surface area (Å²) in [5.74, 6) is -0.163. The third-order valence-corrected chi connectivity index (χ3v) is 2.81. The Morgan fingerprint density at radius 2 is 2.11 bits per heavy atom. The van der Waals surface area contributed by atoms with Gasteiger partial charge in [-0.25, -0.2) is 9.97 Å². The summed E-state index contributed by atoms with van der Waals surface area (Å²) in [4.78, 5) is 19.2. The van der Waals surface area contributed by atoms with Crippen LogP contribution in [0.15, 0.2) is 30.6 Å². The molecule has 19 heavy (non-hydrogen) atoms. The van der Waals surface area contributed by atoms with Gasteiger partial charge in [-0.15, -0.1) is 0 Å². The molecule has 1 aromatic carbocycles. The number of rotatable bonds is 2. The molecule has 0 unspecified atom stereocenters. The van der Waals surface area contributed by atoms with Crippen molar-refractivity contribution in [3.8, 4) is 11.3 Å². The van der Waals surface area contributed by atoms with Gasteiger partial charge in [-0.1, -0.05) is 12.1 Å². The fourth-order valence-corrected chi connectivity index (χ4v) is 1.91. The highest BCUT2D eigenvalue weighted by atomic mass is 16.1. The van der Waals surface area contributed by atoms with Gasteiger partial charge >= 0.3 is 0 Å². The van der Waals surface area contributed by atoms with E-state index in [2.05, 4.69) is 20.2 Å². The summed E-state index contributed by atoms with van der Waals surface area (Å²) in [7, 11) is 0. The zero-order valence-corrected chi connectivity index (χ0v) is 9.79. The Labute approximate surface area is 107 Å². The number of nitrogen functional groups attached to an aromatic ring is 1. The second-order valence-corrected chi connectivity index (χ2v) is 4.00. The number of nitrogens with one attached hydrogen (secondary N) is 1. The van der Waals surface area contributed by atoms with Crippen molar-refractivity contribution >= 4 is 22.8 Å². The van der Waals surface area contributed by atoms with Gasteiger partial charge in [0, 0.05) is 11.1 Å². The van der Waals surface area contributed by atoms with E-state index < -0.39 is 5.91 Å². The Hall–Kier alpha value is -2.96. The lowest BCUT2D eigenvalue weighted by atomic mass is 10.1. The maximum Gasteiger partial charge on any atom is 0.248 e. The average molecular weight is 254 g/mol. The number of hydrogen-bond donors (Lipinski definition) is 3. The van der Waals surface area contributed by atoms with Gasteiger partial charge in [-0.3, -0.25) is 9.89 Å². The van der Waals surface area contributed by atoms with Crippen molar-refractivity contribution in [2.45, 2.75) is 0 Å². The molecular weight excluding hydrogens is 244 g/mol. The zero-order valence-electron chi connectivity index (χ0n) is 9.79. The van der Waals surface area contributed by atoms with E-state index in [4.69, 9.17) is 11.5 Å². The lowest BCUT2D eigenvalue weighted by Crippen LogP contribution is -2.10. The number of carbonyl (C=O) groups excluding carboxylic acids is 1. The molecule has 0 atom stereocenters. The summed E-state index contributed by atoms with van der Waals surface area (Å²) in [5.41, 5.74) is 13.4. The summed E-state index contributed by atoms with van der Waals surface area (Å²) in [6.45, 7) is 0. The monoisotopic (exact) mass is 254 g/mol. The van der Waals surface area contributed by atoms with Crippen LogP contribution in [0.4, 0.5) is 5.82 Å². The number of fused-ring (bicyclic) bond motifs is 1. The molecule has 2 heterocycles. The molecule has 3 aromatic rings. The molecule has 5 N–H and O–H groups in total. The van der Waals surface area contributed by atoms with Crippen molar-refractivity contribution in [2.24, 2.45) is 5.73 Å². The Morgan fingerprint density at radius 3 is 2.89 bits per heavy atom. The number of hydrogen-bond acceptors (Lipinski definition) is 5. The van der Waals surface area contributed by atoms with Gasteiger partial charge in [-0.2, -0.15) is 5.10 Å². The molecule has 0 saturated heterocycles. The third-order valence-electron chi connectivity index (χ3n) is 2.81. The minimum atomic E-state index is -0.495. The molecule has 7 heteroatoms. The maximum atomic E-state index is 11.2. The smallest absolute Gasteiger partial charge is 0.248 e. The second-order valence-electron chi connectivity index (χ2n) is 4.00. The van der Waals surface area contributed by atoms with E-state index in [1.54, 1.807) is 18.2 Å². The van der Waals surface area contributed by atoms with Crippen molar-refractivity contribution in [3.63, 3.8) is 0 Å². The first-order valence-electron chi connectivity index (χ1n) is 5.51. The summed E-state index contributed by atoms with van der Waals surface area (Å²) < 4.78 is 0. The molecule has 7 nitrogen and oxygen atoms in total. The Kier molecular flexibility index (Phi) is 2.38. The number of primary amides is 1. The number of benzene rings is 1. The van der Waals surface area contributed by atoms with Crippen LogP contribution in [0.25, 0.3) is 22.3 Å². The second kappa shape index (κ2) is 4.05. The molecule has 1 amide bonds. The first-order chi connectivity index (χ1) is 9.16. The molecule has 0 bridgehead atoms. The van der Waals surface area contributed by atoms with Gasteiger partial charge in [0.05, 0.1) is 5.39 Å². The van der Waals surface area contributed by atoms with Crippen molar-refractivity contribution < 1.29 is 4.79 Å². The standard InChI is InChI=1S/C12H10N6O/c13-10-8-9(17-18-12(8)16-5-15-10)6-2-1-3-7(4-6)11(14)19/h1-5H,(H2,14,19)(H3,13,15,16,17,18). The van der Waals surface area contributed by atoms with Gasteiger partial charge in [0.15, 0.2) is 5.65 Å². The van der Waals surface area contributed by atoms with Crippen LogP contribution >= 0.6 is 0 Å². The Balaban J connectivity index is 2.25. The van der Waals surface area contributed by atoms with Crippen molar-refractivity contribution in [2.75, 3.05) is 5.73 Å². The number of aromatic amines is 1. The molecule has 3 rings (SSSR count). The number of carbonyl (C=O) groups is 1. The number of H-pyrrole nitrogens is 1. The lowest BCUT2D eigenvalue weighted by Gasteiger charge is -2.01. The van der Waals surface area contributed by atoms with Crippen LogP contribution in [0, 0.1) is 0 Å². The molecule has 0 fully saturated rings. The van der Waals surface area contributed by atoms with Crippen LogP contribution in [0.5, 0.6) is 0 Å². The van der Waals surface area contributed by atoms with Crippen molar-refractivity contribution in [3.05, 3.63) is 36.2 Å². The minimum absolute atomic E-state index is 0.332. The van der Waals surface area contributed by atoms with Gasteiger partial charge in [0.1, 0.15) is 17.8 Å². The Morgan fingerprint density at radius 1 is 1.26 bits per heavy atom. The quantitative estimate of drug-likeness (QED) is 0.621. The first-order valence-corrected chi connectivity index (χ1v) is 5.51. The molecule has 94 valence electrons. The summed E-state index contributed by atoms with van der Waals surface area (Å²) in [6.07, 6.45) is 1.36. The van der Waals surface area contributed by atoms with Crippen molar-refractivity contribution in [1.82, 2.24) is 20.2 Å². The number of nitrogens with two attached hydrogens (primary N) is 2. The zero-order chi connectivity index (χ0) is 13.4. The topological polar surface area (TPSA) is 124 Å². The highest BCUT2D eigenvalue weighted by Crippen LogP contribution is 2.28. The summed E-state index contributed by atoms with van der Waals surface area (Å²) in [5, 5.41) is 7.57. The minimum Gasteiger partial charge on any atom is -0.383 e. The number of nitrogens with zero attached hydrogens (tertiary/aromatic N) is 3. The van der Waals surface area contributed by atoms with E-state index in [9.17, 15) is 4.79 Å². The number of anilines is 1. The molecule has 0 aliphatic carbocycles. The number of amides is 1. The van der Waals surface area contributed by atoms with Crippen LogP contribution in [0.3, 0.4) is 0 Å². The first kappa shape index (κ1) is 11.1. The predicted octanol–water partition coefficient (Wildman–Crippen LogP) is 0.701. The normalized spacial score (nSPS) is 10.7. The largest absolute Gasteiger partial charge is 0.383 e. The Bertz CT molecular complexity index is 779. The van der Waals surface area contributed by atoms with Crippen LogP contribution in [0.2, 0.25) is 0 Å². The van der Waals surface area contributed by atoms with Gasteiger partial charge in [-0.05, 0) is 12.1 Å². The molecule has 0 saturated carbocycles. The summed E-state index contributed by atoms with van der Waals surface area (Å²) in [6, 6.07) is 6.84. The number of aromatic nitrogens is 4. The van der Waals surface area contributed by atoms with E-state index in [0.717, 1.165) is 5.56 Å². The predicted molar refractivity (Wildman–Crippen MR) is 70.0 cm³/mol. The molecule has 0 spiro atoms. The van der Waals surface area contributed by atoms with E-state index in [0.29, 0.717) is 28.1 Å². The van der Waals surface area contributed by atoms with Gasteiger partial charge < -0.3 is 11.5 Å². The molecule has 2 aromatic heterocycles. The fraction of sp³-hybridized carbons (Fsp3) is 0. The summed E-state index contributed by atoms with van der Waals surface area (Å²) >= 11 is 0. The van der Waals surface area contributed by atoms with E-state index in [1.807, 2.05) is 6.07 Å². The van der Waals surface area contributed by atoms with Crippen molar-refractivity contribution in [1.29, 1.82) is 0 Å². The van der Waals surface area contributed by atoms with Gasteiger partial charge in [0.2, 0.25) is 5.91 Å². The van der Waals surface area contributed by atoms with Crippen LogP contribution in [-0.4, -0.2) is 26.1 Å². The maximum absolute atomic E-state index is 11.2. The third kappa shape index (κ3) is 1.77. The van der Waals surface area contributed by atoms with E-state index in [1.165, 1.54) is 6.33 Å². The van der Waals surface area contributed by atoms with E-state index >= 15 is 0 Å². The van der Waals surface area contributed by atoms with Crippen LogP contribution < -0.4 is 11.5 Å². The fourth-order valence-electron chi connectivity index (χ4n) is 1.91. The lowest BCUT2D eigenvalue weighted by molar-refractivity contribution is 0.100. The average Bonchev–Trinajstić information content (AvgIpc) is 2.84.